The van der Waals surface area contributed by atoms with Crippen LogP contribution in [0.2, 0.25) is 0 Å². The number of hydrogen-bond donors (Lipinski definition) is 1. The number of hydrogen-bond acceptors (Lipinski definition) is 2. The summed E-state index contributed by atoms with van der Waals surface area (Å²) in [6, 6.07) is 7.85. The van der Waals surface area contributed by atoms with Crippen molar-refractivity contribution >= 4 is 5.91 Å². The van der Waals surface area contributed by atoms with Crippen molar-refractivity contribution < 1.29 is 9.53 Å². The number of allylic oxidation sites excluding steroid dienone is 1. The summed E-state index contributed by atoms with van der Waals surface area (Å²) in [7, 11) is 1.66. The maximum absolute atomic E-state index is 11.6. The fourth-order valence-electron chi connectivity index (χ4n) is 2.06. The number of para-hydroxylation sites is 1. The standard InChI is InChI=1S/C14H17NO2/c1-3-6-13(16)15-14(9-10-14)11-7-4-5-8-12(11)17-2/h3-8H,9-10H2,1-2H3,(H,15,16)/b6-3+. The van der Waals surface area contributed by atoms with Crippen LogP contribution in [0.5, 0.6) is 5.75 Å². The predicted octanol–water partition coefficient (Wildman–Crippen LogP) is 2.38. The van der Waals surface area contributed by atoms with Gasteiger partial charge in [0.2, 0.25) is 5.91 Å². The van der Waals surface area contributed by atoms with E-state index in [1.54, 1.807) is 19.3 Å². The Hall–Kier alpha value is -1.77. The first-order valence-electron chi connectivity index (χ1n) is 5.80. The molecule has 1 aromatic rings. The quantitative estimate of drug-likeness (QED) is 0.808. The predicted molar refractivity (Wildman–Crippen MR) is 66.9 cm³/mol. The Balaban J connectivity index is 2.23. The summed E-state index contributed by atoms with van der Waals surface area (Å²) >= 11 is 0. The van der Waals surface area contributed by atoms with Crippen LogP contribution in [0.4, 0.5) is 0 Å². The highest BCUT2D eigenvalue weighted by molar-refractivity contribution is 5.88. The average Bonchev–Trinajstić information content (AvgIpc) is 3.10. The average molecular weight is 231 g/mol. The zero-order chi connectivity index (χ0) is 12.3. The van der Waals surface area contributed by atoms with Crippen molar-refractivity contribution in [3.05, 3.63) is 42.0 Å². The highest BCUT2D eigenvalue weighted by Crippen LogP contribution is 2.48. The van der Waals surface area contributed by atoms with Crippen LogP contribution in [0.1, 0.15) is 25.3 Å². The van der Waals surface area contributed by atoms with Gasteiger partial charge in [-0.25, -0.2) is 0 Å². The Morgan fingerprint density at radius 1 is 1.41 bits per heavy atom. The maximum atomic E-state index is 11.6. The normalized spacial score (nSPS) is 16.8. The van der Waals surface area contributed by atoms with E-state index in [9.17, 15) is 4.79 Å². The molecule has 1 N–H and O–H groups in total. The van der Waals surface area contributed by atoms with Crippen molar-refractivity contribution in [1.29, 1.82) is 0 Å². The summed E-state index contributed by atoms with van der Waals surface area (Å²) in [5.74, 6) is 0.793. The smallest absolute Gasteiger partial charge is 0.244 e. The van der Waals surface area contributed by atoms with Gasteiger partial charge in [0.1, 0.15) is 5.75 Å². The van der Waals surface area contributed by atoms with Gasteiger partial charge in [-0.3, -0.25) is 4.79 Å². The third kappa shape index (κ3) is 2.33. The fraction of sp³-hybridized carbons (Fsp3) is 0.357. The molecular formula is C14H17NO2. The van der Waals surface area contributed by atoms with Gasteiger partial charge in [0.05, 0.1) is 12.6 Å². The lowest BCUT2D eigenvalue weighted by molar-refractivity contribution is -0.117. The minimum atomic E-state index is -0.219. The van der Waals surface area contributed by atoms with Crippen molar-refractivity contribution in [2.24, 2.45) is 0 Å². The number of carbonyl (C=O) groups excluding carboxylic acids is 1. The monoisotopic (exact) mass is 231 g/mol. The van der Waals surface area contributed by atoms with Crippen molar-refractivity contribution in [1.82, 2.24) is 5.32 Å². The van der Waals surface area contributed by atoms with Gasteiger partial charge in [0.25, 0.3) is 0 Å². The summed E-state index contributed by atoms with van der Waals surface area (Å²) < 4.78 is 5.34. The van der Waals surface area contributed by atoms with Gasteiger partial charge in [0.15, 0.2) is 0 Å². The lowest BCUT2D eigenvalue weighted by Crippen LogP contribution is -2.33. The molecule has 0 heterocycles. The second-order valence-corrected chi connectivity index (χ2v) is 4.27. The van der Waals surface area contributed by atoms with Crippen LogP contribution in [0.25, 0.3) is 0 Å². The van der Waals surface area contributed by atoms with E-state index in [4.69, 9.17) is 4.74 Å². The van der Waals surface area contributed by atoms with Crippen molar-refractivity contribution in [2.75, 3.05) is 7.11 Å². The SMILES string of the molecule is C/C=C/C(=O)NC1(c2ccccc2OC)CC1. The minimum Gasteiger partial charge on any atom is -0.496 e. The maximum Gasteiger partial charge on any atom is 0.244 e. The van der Waals surface area contributed by atoms with Gasteiger partial charge in [-0.05, 0) is 31.9 Å². The first-order valence-corrected chi connectivity index (χ1v) is 5.80. The van der Waals surface area contributed by atoms with Crippen molar-refractivity contribution in [2.45, 2.75) is 25.3 Å². The van der Waals surface area contributed by atoms with Crippen LogP contribution in [-0.2, 0) is 10.3 Å². The van der Waals surface area contributed by atoms with Crippen molar-refractivity contribution in [3.63, 3.8) is 0 Å². The van der Waals surface area contributed by atoms with Gasteiger partial charge in [-0.15, -0.1) is 0 Å². The van der Waals surface area contributed by atoms with E-state index in [1.165, 1.54) is 0 Å². The van der Waals surface area contributed by atoms with E-state index in [-0.39, 0.29) is 11.4 Å². The molecule has 17 heavy (non-hydrogen) atoms. The first kappa shape index (κ1) is 11.7. The molecule has 0 saturated heterocycles. The topological polar surface area (TPSA) is 38.3 Å². The van der Waals surface area contributed by atoms with Crippen LogP contribution in [0.3, 0.4) is 0 Å². The van der Waals surface area contributed by atoms with E-state index < -0.39 is 0 Å². The second-order valence-electron chi connectivity index (χ2n) is 4.27. The summed E-state index contributed by atoms with van der Waals surface area (Å²) in [5.41, 5.74) is 0.851. The Kier molecular flexibility index (Phi) is 3.18. The molecule has 2 rings (SSSR count). The van der Waals surface area contributed by atoms with E-state index in [0.717, 1.165) is 24.2 Å². The lowest BCUT2D eigenvalue weighted by Gasteiger charge is -2.19. The molecule has 0 aromatic heterocycles. The van der Waals surface area contributed by atoms with E-state index in [2.05, 4.69) is 5.32 Å². The zero-order valence-electron chi connectivity index (χ0n) is 10.2. The molecule has 3 heteroatoms. The van der Waals surface area contributed by atoms with Crippen LogP contribution in [-0.4, -0.2) is 13.0 Å². The molecule has 0 bridgehead atoms. The van der Waals surface area contributed by atoms with Crippen LogP contribution >= 0.6 is 0 Å². The highest BCUT2D eigenvalue weighted by atomic mass is 16.5. The number of nitrogens with one attached hydrogen (secondary N) is 1. The third-order valence-corrected chi connectivity index (χ3v) is 3.05. The molecule has 1 aliphatic rings. The number of methoxy groups -OCH3 is 1. The van der Waals surface area contributed by atoms with Gasteiger partial charge < -0.3 is 10.1 Å². The van der Waals surface area contributed by atoms with Crippen molar-refractivity contribution in [3.8, 4) is 5.75 Å². The van der Waals surface area contributed by atoms with E-state index in [0.29, 0.717) is 0 Å². The molecule has 0 spiro atoms. The Labute approximate surface area is 101 Å². The van der Waals surface area contributed by atoms with Crippen LogP contribution in [0.15, 0.2) is 36.4 Å². The molecule has 1 fully saturated rings. The molecule has 1 aliphatic carbocycles. The number of carbonyl (C=O) groups is 1. The summed E-state index contributed by atoms with van der Waals surface area (Å²) in [6.45, 7) is 1.84. The summed E-state index contributed by atoms with van der Waals surface area (Å²) in [6.07, 6.45) is 5.23. The fourth-order valence-corrected chi connectivity index (χ4v) is 2.06. The Bertz CT molecular complexity index is 447. The molecule has 0 radical (unpaired) electrons. The molecule has 0 aliphatic heterocycles. The van der Waals surface area contributed by atoms with Gasteiger partial charge in [-0.1, -0.05) is 24.3 Å². The molecule has 0 atom stereocenters. The summed E-state index contributed by atoms with van der Waals surface area (Å²) in [4.78, 5) is 11.6. The molecular weight excluding hydrogens is 214 g/mol. The van der Waals surface area contributed by atoms with E-state index in [1.807, 2.05) is 31.2 Å². The lowest BCUT2D eigenvalue weighted by atomic mass is 10.0. The number of amides is 1. The highest BCUT2D eigenvalue weighted by Gasteiger charge is 2.47. The van der Waals surface area contributed by atoms with Crippen LogP contribution < -0.4 is 10.1 Å². The molecule has 3 nitrogen and oxygen atoms in total. The minimum absolute atomic E-state index is 0.0455. The van der Waals surface area contributed by atoms with Crippen LogP contribution in [0, 0.1) is 0 Å². The molecule has 90 valence electrons. The Morgan fingerprint density at radius 3 is 2.71 bits per heavy atom. The Morgan fingerprint density at radius 2 is 2.12 bits per heavy atom. The molecule has 0 unspecified atom stereocenters. The number of rotatable bonds is 4. The van der Waals surface area contributed by atoms with Gasteiger partial charge >= 0.3 is 0 Å². The van der Waals surface area contributed by atoms with E-state index >= 15 is 0 Å². The molecule has 1 aromatic carbocycles. The molecule has 1 amide bonds. The van der Waals surface area contributed by atoms with Gasteiger partial charge in [0, 0.05) is 5.56 Å². The summed E-state index contributed by atoms with van der Waals surface area (Å²) in [5, 5.41) is 3.05. The largest absolute Gasteiger partial charge is 0.496 e. The number of benzene rings is 1. The number of ether oxygens (including phenoxy) is 1. The molecule has 1 saturated carbocycles. The zero-order valence-corrected chi connectivity index (χ0v) is 10.2. The van der Waals surface area contributed by atoms with Gasteiger partial charge in [-0.2, -0.15) is 0 Å². The second kappa shape index (κ2) is 4.62. The third-order valence-electron chi connectivity index (χ3n) is 3.05. The first-order chi connectivity index (χ1) is 8.22.